The Hall–Kier alpha value is -1.75. The minimum atomic E-state index is -1.05. The molecule has 104 valence electrons. The van der Waals surface area contributed by atoms with Crippen molar-refractivity contribution in [1.29, 1.82) is 0 Å². The topological polar surface area (TPSA) is 76.0 Å². The fraction of sp³-hybridized carbons (Fsp3) is 0.500. The van der Waals surface area contributed by atoms with Gasteiger partial charge in [-0.2, -0.15) is 0 Å². The smallest absolute Gasteiger partial charge is 0.339 e. The molecular formula is C14H18O5. The van der Waals surface area contributed by atoms with E-state index >= 15 is 0 Å². The molecule has 19 heavy (non-hydrogen) atoms. The van der Waals surface area contributed by atoms with E-state index in [4.69, 9.17) is 9.47 Å². The number of benzene rings is 1. The van der Waals surface area contributed by atoms with Crippen LogP contribution >= 0.6 is 0 Å². The molecule has 1 fully saturated rings. The zero-order valence-electron chi connectivity index (χ0n) is 10.8. The van der Waals surface area contributed by atoms with Gasteiger partial charge in [0.1, 0.15) is 11.7 Å². The van der Waals surface area contributed by atoms with E-state index in [1.807, 2.05) is 0 Å². The van der Waals surface area contributed by atoms with Crippen molar-refractivity contribution in [3.05, 3.63) is 23.8 Å². The summed E-state index contributed by atoms with van der Waals surface area (Å²) in [4.78, 5) is 11.2. The van der Waals surface area contributed by atoms with Gasteiger partial charge in [0.2, 0.25) is 0 Å². The number of aromatic carboxylic acids is 1. The molecule has 0 aromatic heterocycles. The molecule has 1 aromatic carbocycles. The van der Waals surface area contributed by atoms with E-state index in [1.165, 1.54) is 13.2 Å². The van der Waals surface area contributed by atoms with Crippen LogP contribution in [0.5, 0.6) is 11.5 Å². The van der Waals surface area contributed by atoms with Crippen LogP contribution in [0.3, 0.4) is 0 Å². The third-order valence-corrected chi connectivity index (χ3v) is 3.31. The Kier molecular flexibility index (Phi) is 4.27. The summed E-state index contributed by atoms with van der Waals surface area (Å²) >= 11 is 0. The molecule has 1 aliphatic carbocycles. The second-order valence-corrected chi connectivity index (χ2v) is 4.70. The third-order valence-electron chi connectivity index (χ3n) is 3.31. The average molecular weight is 266 g/mol. The quantitative estimate of drug-likeness (QED) is 0.872. The summed E-state index contributed by atoms with van der Waals surface area (Å²) in [6, 6.07) is 4.77. The molecule has 2 N–H and O–H groups in total. The van der Waals surface area contributed by atoms with Crippen LogP contribution < -0.4 is 9.47 Å². The zero-order valence-corrected chi connectivity index (χ0v) is 10.8. The van der Waals surface area contributed by atoms with Gasteiger partial charge in [-0.05, 0) is 31.4 Å². The molecule has 1 saturated carbocycles. The maximum atomic E-state index is 11.2. The van der Waals surface area contributed by atoms with Gasteiger partial charge in [-0.3, -0.25) is 0 Å². The lowest BCUT2D eigenvalue weighted by molar-refractivity contribution is 0.0502. The fourth-order valence-electron chi connectivity index (χ4n) is 2.36. The molecule has 2 unspecified atom stereocenters. The number of hydrogen-bond donors (Lipinski definition) is 2. The van der Waals surface area contributed by atoms with Gasteiger partial charge in [-0.25, -0.2) is 4.79 Å². The molecule has 0 aliphatic heterocycles. The van der Waals surface area contributed by atoms with E-state index in [1.54, 1.807) is 12.1 Å². The van der Waals surface area contributed by atoms with E-state index in [9.17, 15) is 15.0 Å². The minimum Gasteiger partial charge on any atom is -0.493 e. The molecule has 0 heterocycles. The Morgan fingerprint density at radius 3 is 2.79 bits per heavy atom. The summed E-state index contributed by atoms with van der Waals surface area (Å²) in [6.45, 7) is 0. The van der Waals surface area contributed by atoms with E-state index in [2.05, 4.69) is 0 Å². The Bertz CT molecular complexity index is 457. The molecule has 0 spiro atoms. The Morgan fingerprint density at radius 2 is 2.16 bits per heavy atom. The number of para-hydroxylation sites is 1. The predicted octanol–water partition coefficient (Wildman–Crippen LogP) is 2.08. The van der Waals surface area contributed by atoms with Crippen LogP contribution in [-0.4, -0.2) is 35.5 Å². The van der Waals surface area contributed by atoms with Gasteiger partial charge in [0.15, 0.2) is 11.5 Å². The molecule has 5 heteroatoms. The van der Waals surface area contributed by atoms with Gasteiger partial charge in [0.05, 0.1) is 13.2 Å². The van der Waals surface area contributed by atoms with Crippen LogP contribution in [-0.2, 0) is 0 Å². The van der Waals surface area contributed by atoms with Crippen LogP contribution in [0.15, 0.2) is 18.2 Å². The molecule has 0 amide bonds. The second kappa shape index (κ2) is 5.93. The summed E-state index contributed by atoms with van der Waals surface area (Å²) in [6.07, 6.45) is 2.45. The van der Waals surface area contributed by atoms with Gasteiger partial charge < -0.3 is 19.7 Å². The molecule has 2 rings (SSSR count). The number of hydrogen-bond acceptors (Lipinski definition) is 4. The maximum Gasteiger partial charge on any atom is 0.339 e. The molecule has 1 aromatic rings. The van der Waals surface area contributed by atoms with Gasteiger partial charge in [0, 0.05) is 6.42 Å². The molecule has 0 bridgehead atoms. The molecular weight excluding hydrogens is 248 g/mol. The van der Waals surface area contributed by atoms with E-state index in [0.29, 0.717) is 12.2 Å². The highest BCUT2D eigenvalue weighted by Crippen LogP contribution is 2.34. The lowest BCUT2D eigenvalue weighted by atomic mass is 9.95. The summed E-state index contributed by atoms with van der Waals surface area (Å²) < 4.78 is 10.9. The number of methoxy groups -OCH3 is 1. The van der Waals surface area contributed by atoms with Crippen LogP contribution in [0.25, 0.3) is 0 Å². The summed E-state index contributed by atoms with van der Waals surface area (Å²) in [5, 5.41) is 18.8. The van der Waals surface area contributed by atoms with E-state index < -0.39 is 5.97 Å². The minimum absolute atomic E-state index is 0.0828. The summed E-state index contributed by atoms with van der Waals surface area (Å²) in [5.41, 5.74) is 0.0828. The third kappa shape index (κ3) is 3.17. The summed E-state index contributed by atoms with van der Waals surface area (Å²) in [5.74, 6) is -0.401. The highest BCUT2D eigenvalue weighted by Gasteiger charge is 2.25. The largest absolute Gasteiger partial charge is 0.493 e. The van der Waals surface area contributed by atoms with Crippen LogP contribution in [0.4, 0.5) is 0 Å². The molecule has 0 radical (unpaired) electrons. The SMILES string of the molecule is COc1cccc(C(=O)O)c1OC1CCCC(O)C1. The number of rotatable bonds is 4. The predicted molar refractivity (Wildman–Crippen MR) is 68.8 cm³/mol. The zero-order chi connectivity index (χ0) is 13.8. The maximum absolute atomic E-state index is 11.2. The molecule has 0 saturated heterocycles. The first-order chi connectivity index (χ1) is 9.11. The van der Waals surface area contributed by atoms with Crippen molar-refractivity contribution >= 4 is 5.97 Å². The number of carbonyl (C=O) groups is 1. The van der Waals surface area contributed by atoms with Crippen molar-refractivity contribution in [2.75, 3.05) is 7.11 Å². The van der Waals surface area contributed by atoms with Gasteiger partial charge in [-0.1, -0.05) is 6.07 Å². The lowest BCUT2D eigenvalue weighted by Crippen LogP contribution is -2.28. The number of aliphatic hydroxyl groups is 1. The van der Waals surface area contributed by atoms with Gasteiger partial charge in [-0.15, -0.1) is 0 Å². The van der Waals surface area contributed by atoms with Crippen molar-refractivity contribution < 1.29 is 24.5 Å². The summed E-state index contributed by atoms with van der Waals surface area (Å²) in [7, 11) is 1.48. The number of carboxylic acid groups (broad SMARTS) is 1. The fourth-order valence-corrected chi connectivity index (χ4v) is 2.36. The molecule has 2 atom stereocenters. The monoisotopic (exact) mass is 266 g/mol. The van der Waals surface area contributed by atoms with Gasteiger partial charge >= 0.3 is 5.97 Å². The van der Waals surface area contributed by atoms with Crippen molar-refractivity contribution in [3.63, 3.8) is 0 Å². The standard InChI is InChI=1S/C14H18O5/c1-18-12-7-3-6-11(14(16)17)13(12)19-10-5-2-4-9(15)8-10/h3,6-7,9-10,15H,2,4-5,8H2,1H3,(H,16,17). The Labute approximate surface area is 111 Å². The van der Waals surface area contributed by atoms with Crippen LogP contribution in [0, 0.1) is 0 Å². The highest BCUT2D eigenvalue weighted by molar-refractivity contribution is 5.92. The average Bonchev–Trinajstić information content (AvgIpc) is 2.38. The Balaban J connectivity index is 2.24. The van der Waals surface area contributed by atoms with Crippen LogP contribution in [0.1, 0.15) is 36.0 Å². The van der Waals surface area contributed by atoms with Crippen molar-refractivity contribution in [2.45, 2.75) is 37.9 Å². The number of ether oxygens (including phenoxy) is 2. The van der Waals surface area contributed by atoms with Crippen LogP contribution in [0.2, 0.25) is 0 Å². The number of carboxylic acids is 1. The van der Waals surface area contributed by atoms with E-state index in [-0.39, 0.29) is 23.5 Å². The first kappa shape index (κ1) is 13.7. The van der Waals surface area contributed by atoms with Gasteiger partial charge in [0.25, 0.3) is 0 Å². The van der Waals surface area contributed by atoms with Crippen molar-refractivity contribution in [1.82, 2.24) is 0 Å². The second-order valence-electron chi connectivity index (χ2n) is 4.70. The number of aliphatic hydroxyl groups excluding tert-OH is 1. The molecule has 5 nitrogen and oxygen atoms in total. The van der Waals surface area contributed by atoms with Crippen molar-refractivity contribution in [2.24, 2.45) is 0 Å². The van der Waals surface area contributed by atoms with E-state index in [0.717, 1.165) is 19.3 Å². The van der Waals surface area contributed by atoms with Crippen molar-refractivity contribution in [3.8, 4) is 11.5 Å². The first-order valence-electron chi connectivity index (χ1n) is 6.37. The highest BCUT2D eigenvalue weighted by atomic mass is 16.5. The molecule has 1 aliphatic rings. The Morgan fingerprint density at radius 1 is 1.37 bits per heavy atom. The normalized spacial score (nSPS) is 22.8. The first-order valence-corrected chi connectivity index (χ1v) is 6.37. The lowest BCUT2D eigenvalue weighted by Gasteiger charge is -2.27.